The smallest absolute Gasteiger partial charge is 0.313 e. The SMILES string of the molecule is Nc1nnc(-c2cc(-c3ccc(-c4cccs4)s3)nc3ccccc23)o1. The largest absolute Gasteiger partial charge is 0.404 e. The summed E-state index contributed by atoms with van der Waals surface area (Å²) in [7, 11) is 0. The van der Waals surface area contributed by atoms with Crippen LogP contribution in [0.2, 0.25) is 0 Å². The van der Waals surface area contributed by atoms with Gasteiger partial charge in [0.25, 0.3) is 5.89 Å². The molecule has 0 amide bonds. The van der Waals surface area contributed by atoms with E-state index in [1.165, 1.54) is 9.75 Å². The van der Waals surface area contributed by atoms with Crippen LogP contribution in [0.1, 0.15) is 0 Å². The Kier molecular flexibility index (Phi) is 3.55. The van der Waals surface area contributed by atoms with Crippen molar-refractivity contribution >= 4 is 39.6 Å². The van der Waals surface area contributed by atoms with Crippen LogP contribution in [0, 0.1) is 0 Å². The third-order valence-corrected chi connectivity index (χ3v) is 6.18. The number of nitrogens with two attached hydrogens (primary N) is 1. The molecule has 5 nitrogen and oxygen atoms in total. The number of para-hydroxylation sites is 1. The van der Waals surface area contributed by atoms with E-state index in [2.05, 4.69) is 39.8 Å². The van der Waals surface area contributed by atoms with E-state index < -0.39 is 0 Å². The lowest BCUT2D eigenvalue weighted by atomic mass is 10.1. The minimum atomic E-state index is 0.0542. The molecule has 4 aromatic heterocycles. The molecule has 5 rings (SSSR count). The molecule has 0 bridgehead atoms. The van der Waals surface area contributed by atoms with Crippen molar-refractivity contribution in [2.75, 3.05) is 5.73 Å². The molecule has 0 aliphatic heterocycles. The summed E-state index contributed by atoms with van der Waals surface area (Å²) in [4.78, 5) is 8.40. The zero-order valence-electron chi connectivity index (χ0n) is 13.4. The Bertz CT molecular complexity index is 1210. The monoisotopic (exact) mass is 376 g/mol. The van der Waals surface area contributed by atoms with Gasteiger partial charge in [-0.05, 0) is 35.7 Å². The van der Waals surface area contributed by atoms with Crippen LogP contribution in [-0.2, 0) is 0 Å². The molecule has 0 spiro atoms. The Morgan fingerprint density at radius 1 is 0.885 bits per heavy atom. The summed E-state index contributed by atoms with van der Waals surface area (Å²) < 4.78 is 5.47. The third kappa shape index (κ3) is 2.58. The first kappa shape index (κ1) is 15.2. The van der Waals surface area contributed by atoms with Crippen molar-refractivity contribution in [3.63, 3.8) is 0 Å². The van der Waals surface area contributed by atoms with Crippen LogP contribution < -0.4 is 5.73 Å². The second-order valence-electron chi connectivity index (χ2n) is 5.66. The summed E-state index contributed by atoms with van der Waals surface area (Å²) in [6.45, 7) is 0. The van der Waals surface area contributed by atoms with E-state index in [1.54, 1.807) is 22.7 Å². The minimum Gasteiger partial charge on any atom is -0.404 e. The molecule has 0 unspecified atom stereocenters. The van der Waals surface area contributed by atoms with Crippen LogP contribution in [0.4, 0.5) is 6.01 Å². The average Bonchev–Trinajstić information content (AvgIpc) is 3.41. The van der Waals surface area contributed by atoms with Gasteiger partial charge in [0.15, 0.2) is 0 Å². The van der Waals surface area contributed by atoms with Crippen LogP contribution in [0.3, 0.4) is 0 Å². The summed E-state index contributed by atoms with van der Waals surface area (Å²) in [5.41, 5.74) is 8.20. The molecule has 0 fully saturated rings. The van der Waals surface area contributed by atoms with Crippen molar-refractivity contribution in [3.8, 4) is 31.8 Å². The summed E-state index contributed by atoms with van der Waals surface area (Å²) in [6.07, 6.45) is 0. The maximum atomic E-state index is 5.61. The van der Waals surface area contributed by atoms with Gasteiger partial charge < -0.3 is 10.2 Å². The number of benzene rings is 1. The molecule has 7 heteroatoms. The Morgan fingerprint density at radius 2 is 1.77 bits per heavy atom. The van der Waals surface area contributed by atoms with Gasteiger partial charge in [-0.15, -0.1) is 27.8 Å². The first-order valence-corrected chi connectivity index (χ1v) is 9.61. The first-order chi connectivity index (χ1) is 12.8. The summed E-state index contributed by atoms with van der Waals surface area (Å²) in [5.74, 6) is 0.400. The molecule has 0 saturated carbocycles. The van der Waals surface area contributed by atoms with Crippen LogP contribution in [0.5, 0.6) is 0 Å². The molecule has 26 heavy (non-hydrogen) atoms. The van der Waals surface area contributed by atoms with Gasteiger partial charge in [0, 0.05) is 15.1 Å². The molecular formula is C19H12N4OS2. The van der Waals surface area contributed by atoms with E-state index in [4.69, 9.17) is 15.1 Å². The number of rotatable bonds is 3. The van der Waals surface area contributed by atoms with E-state index >= 15 is 0 Å². The predicted octanol–water partition coefficient (Wildman–Crippen LogP) is 5.32. The Morgan fingerprint density at radius 3 is 2.58 bits per heavy atom. The number of nitrogen functional groups attached to an aromatic ring is 1. The zero-order chi connectivity index (χ0) is 17.5. The van der Waals surface area contributed by atoms with Crippen LogP contribution in [-0.4, -0.2) is 15.2 Å². The molecule has 0 atom stereocenters. The molecule has 2 N–H and O–H groups in total. The fourth-order valence-electron chi connectivity index (χ4n) is 2.85. The van der Waals surface area contributed by atoms with Gasteiger partial charge in [0.1, 0.15) is 0 Å². The van der Waals surface area contributed by atoms with E-state index in [0.29, 0.717) is 5.89 Å². The second kappa shape index (κ2) is 6.05. The van der Waals surface area contributed by atoms with Crippen LogP contribution in [0.15, 0.2) is 64.4 Å². The summed E-state index contributed by atoms with van der Waals surface area (Å²) >= 11 is 3.45. The number of pyridine rings is 1. The van der Waals surface area contributed by atoms with E-state index in [-0.39, 0.29) is 6.01 Å². The topological polar surface area (TPSA) is 77.8 Å². The lowest BCUT2D eigenvalue weighted by molar-refractivity contribution is 0.591. The van der Waals surface area contributed by atoms with Gasteiger partial charge in [-0.3, -0.25) is 0 Å². The second-order valence-corrected chi connectivity index (χ2v) is 7.69. The average molecular weight is 376 g/mol. The quantitative estimate of drug-likeness (QED) is 0.461. The van der Waals surface area contributed by atoms with Crippen molar-refractivity contribution in [1.29, 1.82) is 0 Å². The molecule has 5 aromatic rings. The number of anilines is 1. The van der Waals surface area contributed by atoms with Crippen molar-refractivity contribution < 1.29 is 4.42 Å². The number of hydrogen-bond donors (Lipinski definition) is 1. The fourth-order valence-corrected chi connectivity index (χ4v) is 4.65. The van der Waals surface area contributed by atoms with Gasteiger partial charge in [-0.1, -0.05) is 29.4 Å². The maximum Gasteiger partial charge on any atom is 0.313 e. The Hall–Kier alpha value is -3.03. The highest BCUT2D eigenvalue weighted by Gasteiger charge is 2.15. The van der Waals surface area contributed by atoms with Gasteiger partial charge in [-0.25, -0.2) is 4.98 Å². The van der Waals surface area contributed by atoms with Crippen molar-refractivity contribution in [2.45, 2.75) is 0 Å². The van der Waals surface area contributed by atoms with Gasteiger partial charge >= 0.3 is 6.01 Å². The highest BCUT2D eigenvalue weighted by atomic mass is 32.1. The van der Waals surface area contributed by atoms with Gasteiger partial charge in [-0.2, -0.15) is 0 Å². The zero-order valence-corrected chi connectivity index (χ0v) is 15.1. The summed E-state index contributed by atoms with van der Waals surface area (Å²) in [5, 5.41) is 10.9. The Labute approximate surface area is 156 Å². The minimum absolute atomic E-state index is 0.0542. The van der Waals surface area contributed by atoms with Crippen LogP contribution >= 0.6 is 22.7 Å². The van der Waals surface area contributed by atoms with Crippen LogP contribution in [0.25, 0.3) is 42.7 Å². The lowest BCUT2D eigenvalue weighted by Gasteiger charge is -2.06. The molecule has 1 aromatic carbocycles. The molecule has 0 aliphatic rings. The molecule has 0 saturated heterocycles. The highest BCUT2D eigenvalue weighted by molar-refractivity contribution is 7.23. The van der Waals surface area contributed by atoms with Crippen molar-refractivity contribution in [2.24, 2.45) is 0 Å². The predicted molar refractivity (Wildman–Crippen MR) is 106 cm³/mol. The highest BCUT2D eigenvalue weighted by Crippen LogP contribution is 2.38. The molecule has 0 aliphatic carbocycles. The number of fused-ring (bicyclic) bond motifs is 1. The first-order valence-electron chi connectivity index (χ1n) is 7.91. The number of aromatic nitrogens is 3. The summed E-state index contributed by atoms with van der Waals surface area (Å²) in [6, 6.07) is 18.4. The Balaban J connectivity index is 1.69. The molecule has 4 heterocycles. The van der Waals surface area contributed by atoms with Gasteiger partial charge in [0.05, 0.1) is 21.7 Å². The molecule has 0 radical (unpaired) electrons. The maximum absolute atomic E-state index is 5.61. The lowest BCUT2D eigenvalue weighted by Crippen LogP contribution is -1.88. The number of nitrogens with zero attached hydrogens (tertiary/aromatic N) is 3. The molecule has 126 valence electrons. The van der Waals surface area contributed by atoms with E-state index in [0.717, 1.165) is 27.0 Å². The normalized spacial score (nSPS) is 11.2. The molecular weight excluding hydrogens is 364 g/mol. The number of thiophene rings is 2. The van der Waals surface area contributed by atoms with Gasteiger partial charge in [0.2, 0.25) is 0 Å². The van der Waals surface area contributed by atoms with E-state index in [1.807, 2.05) is 30.3 Å². The van der Waals surface area contributed by atoms with E-state index in [9.17, 15) is 0 Å². The fraction of sp³-hybridized carbons (Fsp3) is 0. The number of hydrogen-bond acceptors (Lipinski definition) is 7. The third-order valence-electron chi connectivity index (χ3n) is 4.01. The van der Waals surface area contributed by atoms with Crippen molar-refractivity contribution in [3.05, 3.63) is 60.0 Å². The van der Waals surface area contributed by atoms with Crippen molar-refractivity contribution in [1.82, 2.24) is 15.2 Å². The standard InChI is InChI=1S/C19H12N4OS2/c20-19-23-22-18(24-19)12-10-14(21-13-5-2-1-4-11(12)13)15-7-8-17(26-15)16-6-3-9-25-16/h1-10H,(H2,20,23).